The molecule has 290 valence electrons. The van der Waals surface area contributed by atoms with Gasteiger partial charge in [-0.3, -0.25) is 4.98 Å². The highest BCUT2D eigenvalue weighted by atomic mass is 14.8. The maximum Gasteiger partial charge on any atom is 0.0894 e. The fraction of sp³-hybridized carbons (Fsp3) is 0.0169. The minimum absolute atomic E-state index is 0.573. The van der Waals surface area contributed by atoms with Crippen molar-refractivity contribution in [3.63, 3.8) is 0 Å². The summed E-state index contributed by atoms with van der Waals surface area (Å²) in [5.74, 6) is 0. The fourth-order valence-corrected chi connectivity index (χ4v) is 11.1. The zero-order chi connectivity index (χ0) is 41.2. The average molecular weight is 799 g/mol. The highest BCUT2D eigenvalue weighted by Gasteiger charge is 2.53. The topological polar surface area (TPSA) is 51.6 Å². The minimum Gasteiger partial charge on any atom is -0.252 e. The fourth-order valence-electron chi connectivity index (χ4n) is 11.1. The molecule has 0 unspecified atom stereocenters. The van der Waals surface area contributed by atoms with E-state index in [1.807, 2.05) is 30.5 Å². The third kappa shape index (κ3) is 4.69. The Bertz CT molecular complexity index is 3880. The summed E-state index contributed by atoms with van der Waals surface area (Å²) in [6.07, 6.45) is 1.87. The van der Waals surface area contributed by atoms with Gasteiger partial charge >= 0.3 is 0 Å². The summed E-state index contributed by atoms with van der Waals surface area (Å²) in [6, 6.07) is 72.3. The Morgan fingerprint density at radius 2 is 0.984 bits per heavy atom. The van der Waals surface area contributed by atoms with Crippen LogP contribution in [0.1, 0.15) is 22.3 Å². The van der Waals surface area contributed by atoms with Crippen LogP contribution < -0.4 is 0 Å². The molecule has 0 atom stereocenters. The quantitative estimate of drug-likeness (QED) is 0.132. The van der Waals surface area contributed by atoms with Crippen LogP contribution in [0.2, 0.25) is 0 Å². The van der Waals surface area contributed by atoms with E-state index in [0.29, 0.717) is 0 Å². The lowest BCUT2D eigenvalue weighted by Crippen LogP contribution is -2.26. The normalized spacial score (nSPS) is 13.2. The smallest absolute Gasteiger partial charge is 0.0894 e. The molecule has 0 aliphatic heterocycles. The Morgan fingerprint density at radius 3 is 1.83 bits per heavy atom. The molecular formula is C59H34N4. The van der Waals surface area contributed by atoms with Gasteiger partial charge in [0.1, 0.15) is 0 Å². The van der Waals surface area contributed by atoms with Crippen LogP contribution in [0.3, 0.4) is 0 Å². The molecule has 0 saturated carbocycles. The van der Waals surface area contributed by atoms with Crippen LogP contribution >= 0.6 is 0 Å². The average Bonchev–Trinajstić information content (AvgIpc) is 3.82. The number of aromatic nitrogens is 4. The van der Waals surface area contributed by atoms with Gasteiger partial charge in [0.2, 0.25) is 0 Å². The van der Waals surface area contributed by atoms with Crippen molar-refractivity contribution >= 4 is 54.5 Å². The molecule has 3 heterocycles. The number of pyridine rings is 2. The Morgan fingerprint density at radius 1 is 0.333 bits per heavy atom. The number of hydrogen-bond acceptors (Lipinski definition) is 4. The van der Waals surface area contributed by atoms with Gasteiger partial charge in [-0.05, 0) is 85.8 Å². The number of para-hydroxylation sites is 3. The molecule has 1 spiro atoms. The molecule has 0 fully saturated rings. The molecule has 4 nitrogen and oxygen atoms in total. The largest absolute Gasteiger partial charge is 0.252 e. The maximum absolute atomic E-state index is 5.89. The molecule has 9 aromatic carbocycles. The summed E-state index contributed by atoms with van der Waals surface area (Å²) in [5, 5.41) is 5.64. The number of benzene rings is 9. The summed E-state index contributed by atoms with van der Waals surface area (Å²) >= 11 is 0. The van der Waals surface area contributed by atoms with E-state index in [1.54, 1.807) is 0 Å². The van der Waals surface area contributed by atoms with Crippen LogP contribution in [0.5, 0.6) is 0 Å². The minimum atomic E-state index is -0.573. The van der Waals surface area contributed by atoms with Gasteiger partial charge < -0.3 is 0 Å². The Balaban J connectivity index is 1.06. The highest BCUT2D eigenvalue weighted by molar-refractivity contribution is 6.17. The number of hydrogen-bond donors (Lipinski definition) is 0. The van der Waals surface area contributed by atoms with E-state index in [1.165, 1.54) is 44.5 Å². The summed E-state index contributed by atoms with van der Waals surface area (Å²) in [4.78, 5) is 21.2. The van der Waals surface area contributed by atoms with Crippen LogP contribution in [0.4, 0.5) is 0 Å². The summed E-state index contributed by atoms with van der Waals surface area (Å²) in [6.45, 7) is 0. The van der Waals surface area contributed by atoms with Gasteiger partial charge in [-0.1, -0.05) is 170 Å². The molecule has 2 aliphatic rings. The van der Waals surface area contributed by atoms with E-state index in [0.717, 1.165) is 88.2 Å². The van der Waals surface area contributed by atoms with Crippen LogP contribution in [0.25, 0.3) is 110 Å². The zero-order valence-corrected chi connectivity index (χ0v) is 33.9. The predicted molar refractivity (Wildman–Crippen MR) is 258 cm³/mol. The molecule has 14 rings (SSSR count). The third-order valence-corrected chi connectivity index (χ3v) is 13.7. The van der Waals surface area contributed by atoms with E-state index >= 15 is 0 Å². The van der Waals surface area contributed by atoms with E-state index in [4.69, 9.17) is 19.9 Å². The van der Waals surface area contributed by atoms with Crippen LogP contribution in [-0.4, -0.2) is 19.9 Å². The van der Waals surface area contributed by atoms with Crippen molar-refractivity contribution in [2.24, 2.45) is 0 Å². The third-order valence-electron chi connectivity index (χ3n) is 13.7. The molecule has 63 heavy (non-hydrogen) atoms. The molecule has 0 bridgehead atoms. The first-order valence-corrected chi connectivity index (χ1v) is 21.5. The van der Waals surface area contributed by atoms with Crippen molar-refractivity contribution in [1.29, 1.82) is 0 Å². The molecule has 0 N–H and O–H groups in total. The highest BCUT2D eigenvalue weighted by Crippen LogP contribution is 2.64. The predicted octanol–water partition coefficient (Wildman–Crippen LogP) is 14.4. The van der Waals surface area contributed by atoms with Gasteiger partial charge in [0.05, 0.1) is 50.6 Å². The second-order valence-electron chi connectivity index (χ2n) is 16.8. The Labute approximate surface area is 362 Å². The molecule has 4 heteroatoms. The molecule has 0 radical (unpaired) electrons. The van der Waals surface area contributed by atoms with Gasteiger partial charge in [0, 0.05) is 38.2 Å². The summed E-state index contributed by atoms with van der Waals surface area (Å²) in [5.41, 5.74) is 20.3. The number of fused-ring (bicyclic) bond motifs is 17. The second kappa shape index (κ2) is 12.8. The number of rotatable bonds is 3. The van der Waals surface area contributed by atoms with Crippen LogP contribution in [0, 0.1) is 0 Å². The monoisotopic (exact) mass is 798 g/mol. The first-order valence-electron chi connectivity index (χ1n) is 21.5. The molecule has 12 aromatic rings. The van der Waals surface area contributed by atoms with E-state index in [-0.39, 0.29) is 0 Å². The number of nitrogens with zero attached hydrogens (tertiary/aromatic N) is 4. The van der Waals surface area contributed by atoms with Crippen molar-refractivity contribution in [3.8, 4) is 55.9 Å². The van der Waals surface area contributed by atoms with E-state index < -0.39 is 5.41 Å². The van der Waals surface area contributed by atoms with Gasteiger partial charge in [-0.2, -0.15) is 0 Å². The molecule has 2 aliphatic carbocycles. The van der Waals surface area contributed by atoms with Gasteiger partial charge in [0.15, 0.2) is 0 Å². The van der Waals surface area contributed by atoms with Crippen LogP contribution in [-0.2, 0) is 5.41 Å². The standard InChI is InChI=1S/C59H34N4/c1-2-14-35(15-3-1)54-44-20-6-9-25-50(44)62-57-45(54)30-31-48-55(57)58-49(59(48)46-23-7-4-18-41(46)42-19-5-8-24-47(42)59)33-38-28-29-40-39(21-13-22-43(40)56(38)63-58)36-16-12-17-37(32-36)53-34-60-51-26-10-11-27-52(51)61-53/h1-34H. The second-order valence-corrected chi connectivity index (χ2v) is 16.8. The van der Waals surface area contributed by atoms with Crippen molar-refractivity contribution < 1.29 is 0 Å². The SMILES string of the molecule is c1ccc(-c2c3ccccc3nc3c4c(ccc23)C2(c3ccccc3-c3ccccc32)c2cc3ccc5c(-c6cccc(-c7cnc8ccccc8n7)c6)cccc5c3nc2-4)cc1. The first kappa shape index (κ1) is 34.4. The first-order chi connectivity index (χ1) is 31.2. The van der Waals surface area contributed by atoms with Gasteiger partial charge in [-0.15, -0.1) is 0 Å². The van der Waals surface area contributed by atoms with E-state index in [9.17, 15) is 0 Å². The van der Waals surface area contributed by atoms with E-state index in [2.05, 4.69) is 176 Å². The molecule has 0 saturated heterocycles. The lowest BCUT2D eigenvalue weighted by Gasteiger charge is -2.30. The summed E-state index contributed by atoms with van der Waals surface area (Å²) < 4.78 is 0. The van der Waals surface area contributed by atoms with Crippen molar-refractivity contribution in [2.45, 2.75) is 5.41 Å². The molecule has 0 amide bonds. The zero-order valence-electron chi connectivity index (χ0n) is 33.9. The van der Waals surface area contributed by atoms with Gasteiger partial charge in [-0.25, -0.2) is 15.0 Å². The lowest BCUT2D eigenvalue weighted by atomic mass is 9.70. The molecular weight excluding hydrogens is 765 g/mol. The van der Waals surface area contributed by atoms with Crippen molar-refractivity contribution in [3.05, 3.63) is 229 Å². The van der Waals surface area contributed by atoms with Crippen molar-refractivity contribution in [2.75, 3.05) is 0 Å². The van der Waals surface area contributed by atoms with Crippen LogP contribution in [0.15, 0.2) is 206 Å². The van der Waals surface area contributed by atoms with Crippen molar-refractivity contribution in [1.82, 2.24) is 19.9 Å². The Kier molecular flexibility index (Phi) is 7.01. The van der Waals surface area contributed by atoms with Gasteiger partial charge in [0.25, 0.3) is 0 Å². The Hall–Kier alpha value is -8.34. The summed E-state index contributed by atoms with van der Waals surface area (Å²) in [7, 11) is 0. The molecule has 3 aromatic heterocycles. The lowest BCUT2D eigenvalue weighted by molar-refractivity contribution is 0.794. The maximum atomic E-state index is 5.89.